The molecule has 0 aromatic carbocycles. The van der Waals surface area contributed by atoms with Gasteiger partial charge in [-0.15, -0.1) is 0 Å². The van der Waals surface area contributed by atoms with Gasteiger partial charge in [0.2, 0.25) is 0 Å². The second-order valence-corrected chi connectivity index (χ2v) is 2.69. The molecule has 1 aromatic rings. The first-order valence-corrected chi connectivity index (χ1v) is 4.19. The number of pyridine rings is 1. The average Bonchev–Trinajstić information content (AvgIpc) is 2.12. The Hall–Kier alpha value is -1.65. The lowest BCUT2D eigenvalue weighted by atomic mass is 10.2. The molecule has 0 bridgehead atoms. The van der Waals surface area contributed by atoms with E-state index in [0.29, 0.717) is 12.2 Å². The SMILES string of the molecule is CCOC(=O)Cc1cnc(N)c(F)c1. The number of hydrogen-bond donors (Lipinski definition) is 1. The van der Waals surface area contributed by atoms with Gasteiger partial charge in [-0.3, -0.25) is 4.79 Å². The Labute approximate surface area is 80.9 Å². The van der Waals surface area contributed by atoms with Crippen molar-refractivity contribution in [2.45, 2.75) is 13.3 Å². The van der Waals surface area contributed by atoms with Crippen LogP contribution in [0.1, 0.15) is 12.5 Å². The summed E-state index contributed by atoms with van der Waals surface area (Å²) in [7, 11) is 0. The number of halogens is 1. The van der Waals surface area contributed by atoms with Crippen molar-refractivity contribution >= 4 is 11.8 Å². The summed E-state index contributed by atoms with van der Waals surface area (Å²) in [6.07, 6.45) is 1.37. The number of rotatable bonds is 3. The van der Waals surface area contributed by atoms with Gasteiger partial charge in [-0.1, -0.05) is 0 Å². The molecule has 5 heteroatoms. The Morgan fingerprint density at radius 3 is 3.00 bits per heavy atom. The number of carbonyl (C=O) groups is 1. The van der Waals surface area contributed by atoms with E-state index in [9.17, 15) is 9.18 Å². The molecule has 0 fully saturated rings. The third-order valence-corrected chi connectivity index (χ3v) is 1.58. The van der Waals surface area contributed by atoms with Gasteiger partial charge in [0, 0.05) is 6.20 Å². The highest BCUT2D eigenvalue weighted by Crippen LogP contribution is 2.09. The lowest BCUT2D eigenvalue weighted by Crippen LogP contribution is -2.08. The highest BCUT2D eigenvalue weighted by Gasteiger charge is 2.06. The molecule has 0 unspecified atom stereocenters. The van der Waals surface area contributed by atoms with E-state index < -0.39 is 11.8 Å². The van der Waals surface area contributed by atoms with Gasteiger partial charge >= 0.3 is 5.97 Å². The molecular weight excluding hydrogens is 187 g/mol. The fraction of sp³-hybridized carbons (Fsp3) is 0.333. The molecule has 1 heterocycles. The number of nitrogens with zero attached hydrogens (tertiary/aromatic N) is 1. The molecule has 0 atom stereocenters. The number of nitrogen functional groups attached to an aromatic ring is 1. The molecule has 0 spiro atoms. The molecule has 0 aliphatic rings. The smallest absolute Gasteiger partial charge is 0.310 e. The van der Waals surface area contributed by atoms with E-state index in [1.807, 2.05) is 0 Å². The first kappa shape index (κ1) is 10.4. The largest absolute Gasteiger partial charge is 0.466 e. The predicted octanol–water partition coefficient (Wildman–Crippen LogP) is 0.909. The summed E-state index contributed by atoms with van der Waals surface area (Å²) >= 11 is 0. The molecule has 76 valence electrons. The minimum Gasteiger partial charge on any atom is -0.466 e. The van der Waals surface area contributed by atoms with Gasteiger partial charge in [-0.2, -0.15) is 0 Å². The third-order valence-electron chi connectivity index (χ3n) is 1.58. The zero-order valence-corrected chi connectivity index (χ0v) is 7.79. The number of aromatic nitrogens is 1. The monoisotopic (exact) mass is 198 g/mol. The van der Waals surface area contributed by atoms with Crippen LogP contribution in [-0.4, -0.2) is 17.6 Å². The van der Waals surface area contributed by atoms with Gasteiger partial charge in [0.15, 0.2) is 11.6 Å². The second-order valence-electron chi connectivity index (χ2n) is 2.69. The third kappa shape index (κ3) is 2.69. The van der Waals surface area contributed by atoms with Crippen LogP contribution in [0.5, 0.6) is 0 Å². The van der Waals surface area contributed by atoms with Gasteiger partial charge < -0.3 is 10.5 Å². The number of esters is 1. The maximum atomic E-state index is 12.9. The first-order chi connectivity index (χ1) is 6.63. The van der Waals surface area contributed by atoms with Crippen molar-refractivity contribution < 1.29 is 13.9 Å². The molecule has 0 aliphatic heterocycles. The van der Waals surface area contributed by atoms with E-state index in [0.717, 1.165) is 0 Å². The molecule has 0 saturated heterocycles. The van der Waals surface area contributed by atoms with Gasteiger partial charge in [0.05, 0.1) is 13.0 Å². The van der Waals surface area contributed by atoms with E-state index in [2.05, 4.69) is 4.98 Å². The average molecular weight is 198 g/mol. The zero-order chi connectivity index (χ0) is 10.6. The van der Waals surface area contributed by atoms with Crippen LogP contribution in [0.15, 0.2) is 12.3 Å². The highest BCUT2D eigenvalue weighted by molar-refractivity contribution is 5.72. The molecule has 1 aromatic heterocycles. The summed E-state index contributed by atoms with van der Waals surface area (Å²) in [6.45, 7) is 2.02. The van der Waals surface area contributed by atoms with Crippen LogP contribution in [0.25, 0.3) is 0 Å². The fourth-order valence-electron chi connectivity index (χ4n) is 0.963. The summed E-state index contributed by atoms with van der Waals surface area (Å²) in [4.78, 5) is 14.6. The van der Waals surface area contributed by atoms with E-state index in [1.54, 1.807) is 6.92 Å². The van der Waals surface area contributed by atoms with E-state index in [4.69, 9.17) is 10.5 Å². The molecule has 0 amide bonds. The Morgan fingerprint density at radius 1 is 1.71 bits per heavy atom. The number of ether oxygens (including phenoxy) is 1. The van der Waals surface area contributed by atoms with Crippen LogP contribution in [-0.2, 0) is 16.0 Å². The first-order valence-electron chi connectivity index (χ1n) is 4.19. The van der Waals surface area contributed by atoms with Crippen LogP contribution in [0.2, 0.25) is 0 Å². The van der Waals surface area contributed by atoms with Gasteiger partial charge in [-0.05, 0) is 18.6 Å². The maximum absolute atomic E-state index is 12.9. The lowest BCUT2D eigenvalue weighted by molar-refractivity contribution is -0.142. The quantitative estimate of drug-likeness (QED) is 0.733. The number of carbonyl (C=O) groups excluding carboxylic acids is 1. The molecule has 1 rings (SSSR count). The highest BCUT2D eigenvalue weighted by atomic mass is 19.1. The standard InChI is InChI=1S/C9H11FN2O2/c1-2-14-8(13)4-6-3-7(10)9(11)12-5-6/h3,5H,2,4H2,1H3,(H2,11,12). The molecule has 14 heavy (non-hydrogen) atoms. The van der Waals surface area contributed by atoms with Crippen molar-refractivity contribution in [3.05, 3.63) is 23.6 Å². The summed E-state index contributed by atoms with van der Waals surface area (Å²) in [5.41, 5.74) is 5.63. The minimum absolute atomic E-state index is 0.0119. The summed E-state index contributed by atoms with van der Waals surface area (Å²) < 4.78 is 17.6. The van der Waals surface area contributed by atoms with Crippen LogP contribution in [0, 0.1) is 5.82 Å². The van der Waals surface area contributed by atoms with Crippen molar-refractivity contribution in [3.63, 3.8) is 0 Å². The van der Waals surface area contributed by atoms with Gasteiger partial charge in [-0.25, -0.2) is 9.37 Å². The molecular formula is C9H11FN2O2. The van der Waals surface area contributed by atoms with Crippen molar-refractivity contribution in [1.29, 1.82) is 0 Å². The van der Waals surface area contributed by atoms with Crippen molar-refractivity contribution in [2.75, 3.05) is 12.3 Å². The van der Waals surface area contributed by atoms with E-state index in [1.165, 1.54) is 12.3 Å². The fourth-order valence-corrected chi connectivity index (χ4v) is 0.963. The Bertz CT molecular complexity index is 342. The number of anilines is 1. The van der Waals surface area contributed by atoms with Crippen molar-refractivity contribution in [2.24, 2.45) is 0 Å². The minimum atomic E-state index is -0.619. The van der Waals surface area contributed by atoms with Crippen LogP contribution < -0.4 is 5.73 Å². The molecule has 0 saturated carbocycles. The van der Waals surface area contributed by atoms with Crippen LogP contribution >= 0.6 is 0 Å². The van der Waals surface area contributed by atoms with Crippen LogP contribution in [0.4, 0.5) is 10.2 Å². The molecule has 2 N–H and O–H groups in total. The predicted molar refractivity (Wildman–Crippen MR) is 48.9 cm³/mol. The number of nitrogens with two attached hydrogens (primary N) is 1. The summed E-state index contributed by atoms with van der Waals surface area (Å²) in [5.74, 6) is -1.19. The second kappa shape index (κ2) is 4.55. The lowest BCUT2D eigenvalue weighted by Gasteiger charge is -2.02. The number of hydrogen-bond acceptors (Lipinski definition) is 4. The van der Waals surface area contributed by atoms with Gasteiger partial charge in [0.1, 0.15) is 0 Å². The zero-order valence-electron chi connectivity index (χ0n) is 7.79. The molecule has 4 nitrogen and oxygen atoms in total. The van der Waals surface area contributed by atoms with E-state index >= 15 is 0 Å². The van der Waals surface area contributed by atoms with Gasteiger partial charge in [0.25, 0.3) is 0 Å². The molecule has 0 aliphatic carbocycles. The topological polar surface area (TPSA) is 65.2 Å². The Morgan fingerprint density at radius 2 is 2.43 bits per heavy atom. The Balaban J connectivity index is 2.68. The van der Waals surface area contributed by atoms with Crippen molar-refractivity contribution in [3.8, 4) is 0 Å². The van der Waals surface area contributed by atoms with Crippen LogP contribution in [0.3, 0.4) is 0 Å². The Kier molecular flexibility index (Phi) is 3.39. The maximum Gasteiger partial charge on any atom is 0.310 e. The summed E-state index contributed by atoms with van der Waals surface area (Å²) in [6, 6.07) is 1.18. The molecule has 0 radical (unpaired) electrons. The van der Waals surface area contributed by atoms with Crippen molar-refractivity contribution in [1.82, 2.24) is 4.98 Å². The van der Waals surface area contributed by atoms with E-state index in [-0.39, 0.29) is 12.2 Å². The summed E-state index contributed by atoms with van der Waals surface area (Å²) in [5, 5.41) is 0. The normalized spacial score (nSPS) is 9.86.